The molecule has 0 unspecified atom stereocenters. The van der Waals surface area contributed by atoms with E-state index in [2.05, 4.69) is 20.6 Å². The second-order valence-corrected chi connectivity index (χ2v) is 6.79. The van der Waals surface area contributed by atoms with Crippen LogP contribution in [-0.4, -0.2) is 28.6 Å². The minimum atomic E-state index is -0.319. The Balaban J connectivity index is 1.56. The first-order chi connectivity index (χ1) is 12.2. The summed E-state index contributed by atoms with van der Waals surface area (Å²) in [5, 5.41) is 8.70. The first-order valence-corrected chi connectivity index (χ1v) is 9.17. The Kier molecular flexibility index (Phi) is 4.23. The molecule has 7 heteroatoms. The van der Waals surface area contributed by atoms with E-state index >= 15 is 0 Å². The van der Waals surface area contributed by atoms with Gasteiger partial charge >= 0.3 is 5.97 Å². The smallest absolute Gasteiger partial charge is 0.338 e. The molecule has 1 aliphatic carbocycles. The van der Waals surface area contributed by atoms with Crippen molar-refractivity contribution in [3.8, 4) is 0 Å². The molecule has 4 rings (SSSR count). The average Bonchev–Trinajstić information content (AvgIpc) is 3.29. The molecule has 0 atom stereocenters. The highest BCUT2D eigenvalue weighted by atomic mass is 32.1. The number of rotatable bonds is 6. The lowest BCUT2D eigenvalue weighted by Crippen LogP contribution is -2.06. The number of aromatic nitrogens is 2. The number of thiophene rings is 1. The van der Waals surface area contributed by atoms with Crippen LogP contribution in [0.5, 0.6) is 0 Å². The van der Waals surface area contributed by atoms with Gasteiger partial charge in [-0.2, -0.15) is 4.98 Å². The summed E-state index contributed by atoms with van der Waals surface area (Å²) in [5.41, 5.74) is 2.27. The van der Waals surface area contributed by atoms with Crippen LogP contribution in [0.4, 0.5) is 17.5 Å². The highest BCUT2D eigenvalue weighted by Gasteiger charge is 2.23. The van der Waals surface area contributed by atoms with Crippen LogP contribution in [0.25, 0.3) is 10.2 Å². The van der Waals surface area contributed by atoms with Gasteiger partial charge in [0.15, 0.2) is 0 Å². The van der Waals surface area contributed by atoms with Crippen LogP contribution < -0.4 is 10.6 Å². The molecule has 1 saturated carbocycles. The van der Waals surface area contributed by atoms with Crippen molar-refractivity contribution >= 4 is 45.0 Å². The molecule has 0 saturated heterocycles. The van der Waals surface area contributed by atoms with Crippen LogP contribution in [0.1, 0.15) is 30.1 Å². The van der Waals surface area contributed by atoms with Gasteiger partial charge < -0.3 is 15.4 Å². The van der Waals surface area contributed by atoms with Crippen molar-refractivity contribution in [1.82, 2.24) is 9.97 Å². The maximum Gasteiger partial charge on any atom is 0.338 e. The molecule has 0 aliphatic heterocycles. The van der Waals surface area contributed by atoms with Crippen LogP contribution in [0, 0.1) is 0 Å². The molecular weight excluding hydrogens is 336 g/mol. The van der Waals surface area contributed by atoms with Crippen LogP contribution in [0.3, 0.4) is 0 Å². The fraction of sp³-hybridized carbons (Fsp3) is 0.278. The number of benzene rings is 1. The topological polar surface area (TPSA) is 76.1 Å². The molecular formula is C18H18N4O2S. The molecule has 25 heavy (non-hydrogen) atoms. The number of carbonyl (C=O) groups is 1. The maximum absolute atomic E-state index is 11.7. The van der Waals surface area contributed by atoms with Gasteiger partial charge in [0.2, 0.25) is 5.95 Å². The number of anilines is 3. The van der Waals surface area contributed by atoms with Crippen LogP contribution in [-0.2, 0) is 4.74 Å². The fourth-order valence-electron chi connectivity index (χ4n) is 2.47. The summed E-state index contributed by atoms with van der Waals surface area (Å²) in [6.07, 6.45) is 2.38. The number of nitrogens with zero attached hydrogens (tertiary/aromatic N) is 2. The number of hydrogen-bond acceptors (Lipinski definition) is 7. The van der Waals surface area contributed by atoms with Gasteiger partial charge in [0.1, 0.15) is 5.82 Å². The molecule has 2 aromatic heterocycles. The lowest BCUT2D eigenvalue weighted by Gasteiger charge is -2.10. The van der Waals surface area contributed by atoms with E-state index in [9.17, 15) is 4.79 Å². The summed E-state index contributed by atoms with van der Waals surface area (Å²) in [4.78, 5) is 20.9. The Morgan fingerprint density at radius 3 is 2.76 bits per heavy atom. The number of hydrogen-bond donors (Lipinski definition) is 2. The highest BCUT2D eigenvalue weighted by Crippen LogP contribution is 2.32. The lowest BCUT2D eigenvalue weighted by molar-refractivity contribution is 0.0526. The third-order valence-corrected chi connectivity index (χ3v) is 4.78. The number of esters is 1. The second-order valence-electron chi connectivity index (χ2n) is 5.87. The second kappa shape index (κ2) is 6.68. The molecule has 1 aromatic carbocycles. The Labute approximate surface area is 149 Å². The molecule has 3 aromatic rings. The first-order valence-electron chi connectivity index (χ1n) is 8.29. The zero-order valence-corrected chi connectivity index (χ0v) is 14.6. The molecule has 128 valence electrons. The van der Waals surface area contributed by atoms with Crippen molar-refractivity contribution in [2.24, 2.45) is 0 Å². The van der Waals surface area contributed by atoms with E-state index in [0.717, 1.165) is 21.7 Å². The van der Waals surface area contributed by atoms with Crippen molar-refractivity contribution in [1.29, 1.82) is 0 Å². The predicted octanol–water partition coefficient (Wildman–Crippen LogP) is 4.19. The van der Waals surface area contributed by atoms with Crippen molar-refractivity contribution in [2.75, 3.05) is 17.2 Å². The Hall–Kier alpha value is -2.67. The van der Waals surface area contributed by atoms with E-state index in [1.807, 2.05) is 23.6 Å². The minimum absolute atomic E-state index is 0.319. The molecule has 0 spiro atoms. The van der Waals surface area contributed by atoms with Gasteiger partial charge in [-0.15, -0.1) is 11.3 Å². The van der Waals surface area contributed by atoms with Crippen molar-refractivity contribution < 1.29 is 9.53 Å². The van der Waals surface area contributed by atoms with Gasteiger partial charge in [0, 0.05) is 11.7 Å². The highest BCUT2D eigenvalue weighted by molar-refractivity contribution is 7.17. The normalized spacial score (nSPS) is 13.6. The number of ether oxygens (including phenoxy) is 1. The van der Waals surface area contributed by atoms with E-state index in [4.69, 9.17) is 4.74 Å². The van der Waals surface area contributed by atoms with E-state index in [1.54, 1.807) is 30.4 Å². The summed E-state index contributed by atoms with van der Waals surface area (Å²) < 4.78 is 6.07. The maximum atomic E-state index is 11.7. The van der Waals surface area contributed by atoms with E-state index in [0.29, 0.717) is 24.2 Å². The largest absolute Gasteiger partial charge is 0.462 e. The zero-order valence-electron chi connectivity index (χ0n) is 13.8. The van der Waals surface area contributed by atoms with Gasteiger partial charge in [-0.05, 0) is 55.5 Å². The van der Waals surface area contributed by atoms with Crippen molar-refractivity contribution in [3.05, 3.63) is 41.3 Å². The lowest BCUT2D eigenvalue weighted by atomic mass is 10.2. The van der Waals surface area contributed by atoms with Crippen LogP contribution >= 0.6 is 11.3 Å². The van der Waals surface area contributed by atoms with Crippen LogP contribution in [0.2, 0.25) is 0 Å². The van der Waals surface area contributed by atoms with Gasteiger partial charge in [-0.3, -0.25) is 0 Å². The molecule has 2 heterocycles. The quantitative estimate of drug-likeness (QED) is 0.647. The first kappa shape index (κ1) is 15.8. The summed E-state index contributed by atoms with van der Waals surface area (Å²) >= 11 is 1.64. The summed E-state index contributed by atoms with van der Waals surface area (Å²) in [7, 11) is 0. The summed E-state index contributed by atoms with van der Waals surface area (Å²) in [6.45, 7) is 2.16. The van der Waals surface area contributed by atoms with Crippen molar-refractivity contribution in [2.45, 2.75) is 25.8 Å². The predicted molar refractivity (Wildman–Crippen MR) is 99.7 cm³/mol. The number of fused-ring (bicyclic) bond motifs is 1. The molecule has 0 radical (unpaired) electrons. The monoisotopic (exact) mass is 354 g/mol. The zero-order chi connectivity index (χ0) is 17.2. The SMILES string of the molecule is CCOC(=O)c1ccc(Nc2nc(NC3CC3)c3sccc3n2)cc1. The van der Waals surface area contributed by atoms with Crippen molar-refractivity contribution in [3.63, 3.8) is 0 Å². The van der Waals surface area contributed by atoms with Gasteiger partial charge in [0.25, 0.3) is 0 Å². The molecule has 0 bridgehead atoms. The number of nitrogens with one attached hydrogen (secondary N) is 2. The molecule has 0 amide bonds. The summed E-state index contributed by atoms with van der Waals surface area (Å²) in [5.74, 6) is 1.10. The molecule has 1 aliphatic rings. The third-order valence-electron chi connectivity index (χ3n) is 3.87. The fourth-order valence-corrected chi connectivity index (χ4v) is 3.26. The van der Waals surface area contributed by atoms with Gasteiger partial charge in [0.05, 0.1) is 22.4 Å². The third kappa shape index (κ3) is 3.56. The Morgan fingerprint density at radius 1 is 1.24 bits per heavy atom. The molecule has 2 N–H and O–H groups in total. The van der Waals surface area contributed by atoms with Gasteiger partial charge in [-0.1, -0.05) is 0 Å². The Bertz CT molecular complexity index is 903. The van der Waals surface area contributed by atoms with E-state index < -0.39 is 0 Å². The van der Waals surface area contributed by atoms with E-state index in [1.165, 1.54) is 12.8 Å². The van der Waals surface area contributed by atoms with E-state index in [-0.39, 0.29) is 5.97 Å². The minimum Gasteiger partial charge on any atom is -0.462 e. The average molecular weight is 354 g/mol. The molecule has 1 fully saturated rings. The van der Waals surface area contributed by atoms with Crippen LogP contribution in [0.15, 0.2) is 35.7 Å². The molecule has 6 nitrogen and oxygen atoms in total. The number of carbonyl (C=O) groups excluding carboxylic acids is 1. The Morgan fingerprint density at radius 2 is 2.04 bits per heavy atom. The van der Waals surface area contributed by atoms with Gasteiger partial charge in [-0.25, -0.2) is 9.78 Å². The standard InChI is InChI=1S/C18H18N4O2S/c1-2-24-17(23)11-3-5-13(6-4-11)20-18-21-14-9-10-25-15(14)16(22-18)19-12-7-8-12/h3-6,9-10,12H,2,7-8H2,1H3,(H2,19,20,21,22). The summed E-state index contributed by atoms with van der Waals surface area (Å²) in [6, 6.07) is 9.62.